The molecule has 1 N–H and O–H groups in total. The van der Waals surface area contributed by atoms with Crippen molar-refractivity contribution in [1.82, 2.24) is 15.3 Å². The average molecular weight is 197 g/mol. The summed E-state index contributed by atoms with van der Waals surface area (Å²) in [5.74, 6) is -0.204. The van der Waals surface area contributed by atoms with Gasteiger partial charge in [0.25, 0.3) is 5.91 Å². The number of hydrazine groups is 1. The molecule has 1 heterocycles. The summed E-state index contributed by atoms with van der Waals surface area (Å²) in [6, 6.07) is -0.221. The van der Waals surface area contributed by atoms with Gasteiger partial charge in [-0.1, -0.05) is 6.58 Å². The van der Waals surface area contributed by atoms with Crippen LogP contribution in [0.2, 0.25) is 0 Å². The van der Waals surface area contributed by atoms with Gasteiger partial charge in [0.05, 0.1) is 6.54 Å². The van der Waals surface area contributed by atoms with Gasteiger partial charge in [-0.05, 0) is 13.8 Å². The van der Waals surface area contributed by atoms with Crippen molar-refractivity contribution < 1.29 is 9.59 Å². The van der Waals surface area contributed by atoms with Gasteiger partial charge in [0, 0.05) is 18.7 Å². The lowest BCUT2D eigenvalue weighted by molar-refractivity contribution is -0.138. The Hall–Kier alpha value is -1.52. The Balaban J connectivity index is 2.75. The summed E-state index contributed by atoms with van der Waals surface area (Å²) in [4.78, 5) is 22.9. The molecule has 0 spiro atoms. The molecule has 0 aliphatic carbocycles. The first-order valence-corrected chi connectivity index (χ1v) is 4.60. The molecule has 1 rings (SSSR count). The van der Waals surface area contributed by atoms with E-state index in [1.807, 2.05) is 6.92 Å². The first kappa shape index (κ1) is 10.6. The fourth-order valence-electron chi connectivity index (χ4n) is 1.34. The van der Waals surface area contributed by atoms with E-state index in [0.717, 1.165) is 0 Å². The fourth-order valence-corrected chi connectivity index (χ4v) is 1.34. The van der Waals surface area contributed by atoms with Crippen molar-refractivity contribution in [1.29, 1.82) is 0 Å². The third kappa shape index (κ3) is 1.86. The van der Waals surface area contributed by atoms with Crippen molar-refractivity contribution in [2.75, 3.05) is 19.6 Å². The number of amides is 3. The van der Waals surface area contributed by atoms with Gasteiger partial charge < -0.3 is 5.32 Å². The number of nitrogens with one attached hydrogen (secondary N) is 1. The number of rotatable bonds is 3. The van der Waals surface area contributed by atoms with Crippen LogP contribution in [0.15, 0.2) is 12.2 Å². The van der Waals surface area contributed by atoms with Crippen LogP contribution in [0.3, 0.4) is 0 Å². The van der Waals surface area contributed by atoms with Crippen molar-refractivity contribution in [3.63, 3.8) is 0 Å². The normalized spacial score (nSPS) is 15.3. The molecular weight excluding hydrogens is 182 g/mol. The van der Waals surface area contributed by atoms with Gasteiger partial charge in [-0.3, -0.25) is 4.79 Å². The number of likely N-dealkylation sites (N-methyl/N-ethyl adjacent to an activating group) is 1. The lowest BCUT2D eigenvalue weighted by Crippen LogP contribution is -2.48. The second-order valence-corrected chi connectivity index (χ2v) is 3.16. The topological polar surface area (TPSA) is 52.7 Å². The minimum Gasteiger partial charge on any atom is -0.335 e. The molecule has 0 saturated carbocycles. The first-order valence-electron chi connectivity index (χ1n) is 4.60. The van der Waals surface area contributed by atoms with Crippen molar-refractivity contribution in [3.05, 3.63) is 12.2 Å². The Morgan fingerprint density at radius 1 is 1.71 bits per heavy atom. The minimum atomic E-state index is -0.221. The Kier molecular flexibility index (Phi) is 3.11. The first-order chi connectivity index (χ1) is 6.57. The van der Waals surface area contributed by atoms with E-state index in [9.17, 15) is 9.59 Å². The maximum absolute atomic E-state index is 11.6. The van der Waals surface area contributed by atoms with E-state index in [0.29, 0.717) is 25.2 Å². The molecule has 0 aromatic rings. The quantitative estimate of drug-likeness (QED) is 0.664. The maximum atomic E-state index is 11.6. The largest absolute Gasteiger partial charge is 0.336 e. The maximum Gasteiger partial charge on any atom is 0.336 e. The Morgan fingerprint density at radius 3 is 2.71 bits per heavy atom. The van der Waals surface area contributed by atoms with Crippen LogP contribution >= 0.6 is 0 Å². The molecule has 0 radical (unpaired) electrons. The summed E-state index contributed by atoms with van der Waals surface area (Å²) >= 11 is 0. The lowest BCUT2D eigenvalue weighted by Gasteiger charge is -2.29. The van der Waals surface area contributed by atoms with E-state index < -0.39 is 0 Å². The summed E-state index contributed by atoms with van der Waals surface area (Å²) in [5.41, 5.74) is 0.437. The zero-order chi connectivity index (χ0) is 10.7. The predicted molar refractivity (Wildman–Crippen MR) is 52.3 cm³/mol. The number of urea groups is 1. The van der Waals surface area contributed by atoms with E-state index in [2.05, 4.69) is 11.9 Å². The van der Waals surface area contributed by atoms with Crippen molar-refractivity contribution in [2.45, 2.75) is 13.8 Å². The highest BCUT2D eigenvalue weighted by Crippen LogP contribution is 2.07. The van der Waals surface area contributed by atoms with Gasteiger partial charge in [-0.25, -0.2) is 14.8 Å². The lowest BCUT2D eigenvalue weighted by atomic mass is 10.3. The van der Waals surface area contributed by atoms with Crippen LogP contribution in [-0.2, 0) is 4.79 Å². The number of nitrogens with zero attached hydrogens (tertiary/aromatic N) is 2. The average Bonchev–Trinajstić information content (AvgIpc) is 2.53. The Labute approximate surface area is 83.3 Å². The van der Waals surface area contributed by atoms with Crippen LogP contribution in [-0.4, -0.2) is 41.6 Å². The van der Waals surface area contributed by atoms with Gasteiger partial charge in [-0.15, -0.1) is 0 Å². The van der Waals surface area contributed by atoms with Crippen molar-refractivity contribution in [3.8, 4) is 0 Å². The van der Waals surface area contributed by atoms with Crippen molar-refractivity contribution >= 4 is 11.9 Å². The molecule has 1 aliphatic rings. The fraction of sp³-hybridized carbons (Fsp3) is 0.556. The van der Waals surface area contributed by atoms with Crippen LogP contribution in [0.1, 0.15) is 13.8 Å². The number of hydrogen-bond donors (Lipinski definition) is 1. The number of carbonyl (C=O) groups excluding carboxylic acids is 2. The highest BCUT2D eigenvalue weighted by molar-refractivity contribution is 5.93. The zero-order valence-corrected chi connectivity index (χ0v) is 8.54. The second-order valence-electron chi connectivity index (χ2n) is 3.16. The van der Waals surface area contributed by atoms with Crippen LogP contribution in [0.5, 0.6) is 0 Å². The molecule has 5 nitrogen and oxygen atoms in total. The highest BCUT2D eigenvalue weighted by atomic mass is 16.2. The third-order valence-electron chi connectivity index (χ3n) is 2.02. The summed E-state index contributed by atoms with van der Waals surface area (Å²) in [5, 5.41) is 5.46. The van der Waals surface area contributed by atoms with Crippen molar-refractivity contribution in [2.24, 2.45) is 0 Å². The standard InChI is InChI=1S/C9H15N3O2/c1-4-11(8(13)7(2)3)12-6-5-10-9(12)14/h2,4-6H2,1,3H3,(H,10,14). The molecule has 0 bridgehead atoms. The van der Waals surface area contributed by atoms with Crippen LogP contribution in [0.25, 0.3) is 0 Å². The molecule has 0 unspecified atom stereocenters. The molecule has 0 atom stereocenters. The Bertz CT molecular complexity index is 275. The number of hydrogen-bond acceptors (Lipinski definition) is 2. The highest BCUT2D eigenvalue weighted by Gasteiger charge is 2.28. The molecule has 1 fully saturated rings. The predicted octanol–water partition coefficient (Wildman–Crippen LogP) is 0.351. The summed E-state index contributed by atoms with van der Waals surface area (Å²) in [6.07, 6.45) is 0. The molecule has 78 valence electrons. The van der Waals surface area contributed by atoms with Crippen LogP contribution < -0.4 is 5.32 Å². The minimum absolute atomic E-state index is 0.204. The zero-order valence-electron chi connectivity index (χ0n) is 8.54. The molecule has 3 amide bonds. The molecule has 1 saturated heterocycles. The van der Waals surface area contributed by atoms with E-state index in [4.69, 9.17) is 0 Å². The van der Waals surface area contributed by atoms with E-state index in [1.165, 1.54) is 10.0 Å². The SMILES string of the molecule is C=C(C)C(=O)N(CC)N1CCNC1=O. The van der Waals surface area contributed by atoms with E-state index >= 15 is 0 Å². The third-order valence-corrected chi connectivity index (χ3v) is 2.02. The molecular formula is C9H15N3O2. The van der Waals surface area contributed by atoms with Crippen LogP contribution in [0.4, 0.5) is 4.79 Å². The van der Waals surface area contributed by atoms with E-state index in [-0.39, 0.29) is 11.9 Å². The smallest absolute Gasteiger partial charge is 0.335 e. The molecule has 0 aromatic heterocycles. The van der Waals surface area contributed by atoms with Gasteiger partial charge >= 0.3 is 6.03 Å². The number of carbonyl (C=O) groups is 2. The molecule has 5 heteroatoms. The second kappa shape index (κ2) is 4.13. The van der Waals surface area contributed by atoms with Crippen LogP contribution in [0, 0.1) is 0 Å². The van der Waals surface area contributed by atoms with Gasteiger partial charge in [-0.2, -0.15) is 0 Å². The Morgan fingerprint density at radius 2 is 2.36 bits per heavy atom. The molecule has 0 aromatic carbocycles. The summed E-state index contributed by atoms with van der Waals surface area (Å²) in [6.45, 7) is 8.62. The summed E-state index contributed by atoms with van der Waals surface area (Å²) < 4.78 is 0. The van der Waals surface area contributed by atoms with Gasteiger partial charge in [0.1, 0.15) is 0 Å². The van der Waals surface area contributed by atoms with Gasteiger partial charge in [0.2, 0.25) is 0 Å². The van der Waals surface area contributed by atoms with Gasteiger partial charge in [0.15, 0.2) is 0 Å². The molecule has 1 aliphatic heterocycles. The van der Waals surface area contributed by atoms with E-state index in [1.54, 1.807) is 6.92 Å². The monoisotopic (exact) mass is 197 g/mol. The summed E-state index contributed by atoms with van der Waals surface area (Å²) in [7, 11) is 0. The molecule has 14 heavy (non-hydrogen) atoms.